The van der Waals surface area contributed by atoms with Gasteiger partial charge in [0.05, 0.1) is 0 Å². The van der Waals surface area contributed by atoms with Gasteiger partial charge in [-0.25, -0.2) is 0 Å². The van der Waals surface area contributed by atoms with Gasteiger partial charge in [-0.15, -0.1) is 24.0 Å². The van der Waals surface area contributed by atoms with E-state index in [9.17, 15) is 0 Å². The number of aliphatic imine (C=N–C) groups is 1. The Morgan fingerprint density at radius 2 is 1.96 bits per heavy atom. The molecule has 0 spiro atoms. The normalized spacial score (nSPS) is 20.8. The highest BCUT2D eigenvalue weighted by molar-refractivity contribution is 14.0. The number of hydrogen-bond acceptors (Lipinski definition) is 4. The zero-order valence-electron chi connectivity index (χ0n) is 17.8. The summed E-state index contributed by atoms with van der Waals surface area (Å²) < 4.78 is 5.47. The van der Waals surface area contributed by atoms with Crippen molar-refractivity contribution < 1.29 is 4.74 Å². The number of likely N-dealkylation sites (N-methyl/N-ethyl adjacent to an activating group) is 1. The zero-order valence-corrected chi connectivity index (χ0v) is 20.1. The zero-order chi connectivity index (χ0) is 18.6. The second kappa shape index (κ2) is 14.8. The molecule has 0 radical (unpaired) electrons. The van der Waals surface area contributed by atoms with Gasteiger partial charge in [0.25, 0.3) is 0 Å². The molecule has 7 heteroatoms. The van der Waals surface area contributed by atoms with Crippen LogP contribution in [0.3, 0.4) is 0 Å². The molecule has 1 N–H and O–H groups in total. The van der Waals surface area contributed by atoms with Crippen molar-refractivity contribution in [3.05, 3.63) is 0 Å². The molecule has 0 bridgehead atoms. The molecule has 2 aliphatic rings. The number of halogens is 1. The lowest BCUT2D eigenvalue weighted by Crippen LogP contribution is -2.40. The minimum Gasteiger partial charge on any atom is -0.381 e. The van der Waals surface area contributed by atoms with Gasteiger partial charge in [-0.1, -0.05) is 0 Å². The first-order chi connectivity index (χ1) is 12.7. The third-order valence-electron chi connectivity index (χ3n) is 5.62. The Morgan fingerprint density at radius 1 is 1.19 bits per heavy atom. The molecule has 2 heterocycles. The molecular weight excluding hydrogens is 453 g/mol. The highest BCUT2D eigenvalue weighted by Gasteiger charge is 2.15. The van der Waals surface area contributed by atoms with E-state index in [0.717, 1.165) is 51.1 Å². The first-order valence-electron chi connectivity index (χ1n) is 10.7. The summed E-state index contributed by atoms with van der Waals surface area (Å²) in [5.74, 6) is 1.88. The van der Waals surface area contributed by atoms with Crippen LogP contribution in [0.5, 0.6) is 0 Å². The molecule has 6 nitrogen and oxygen atoms in total. The van der Waals surface area contributed by atoms with Crippen LogP contribution in [-0.2, 0) is 4.74 Å². The molecule has 0 saturated carbocycles. The lowest BCUT2D eigenvalue weighted by molar-refractivity contribution is 0.0625. The summed E-state index contributed by atoms with van der Waals surface area (Å²) in [7, 11) is 4.40. The van der Waals surface area contributed by atoms with Crippen molar-refractivity contribution in [1.82, 2.24) is 20.0 Å². The lowest BCUT2D eigenvalue weighted by Gasteiger charge is -2.27. The van der Waals surface area contributed by atoms with E-state index in [2.05, 4.69) is 41.0 Å². The van der Waals surface area contributed by atoms with E-state index in [-0.39, 0.29) is 24.0 Å². The quantitative estimate of drug-likeness (QED) is 0.243. The molecule has 0 aliphatic carbocycles. The van der Waals surface area contributed by atoms with Crippen LogP contribution in [-0.4, -0.2) is 100 Å². The minimum absolute atomic E-state index is 0. The predicted molar refractivity (Wildman–Crippen MR) is 125 cm³/mol. The fraction of sp³-hybridized carbons (Fsp3) is 0.950. The van der Waals surface area contributed by atoms with Crippen LogP contribution in [0.2, 0.25) is 0 Å². The van der Waals surface area contributed by atoms with Gasteiger partial charge < -0.3 is 24.8 Å². The third kappa shape index (κ3) is 10.3. The van der Waals surface area contributed by atoms with E-state index in [1.165, 1.54) is 58.4 Å². The summed E-state index contributed by atoms with van der Waals surface area (Å²) in [6, 6.07) is 0. The van der Waals surface area contributed by atoms with Crippen LogP contribution < -0.4 is 5.32 Å². The van der Waals surface area contributed by atoms with Gasteiger partial charge in [0.1, 0.15) is 0 Å². The maximum absolute atomic E-state index is 5.47. The summed E-state index contributed by atoms with van der Waals surface area (Å²) in [4.78, 5) is 12.2. The monoisotopic (exact) mass is 495 g/mol. The maximum atomic E-state index is 5.47. The first kappa shape index (κ1) is 24.9. The average Bonchev–Trinajstić information content (AvgIpc) is 2.87. The summed E-state index contributed by atoms with van der Waals surface area (Å²) in [6.45, 7) is 13.0. The van der Waals surface area contributed by atoms with E-state index in [1.54, 1.807) is 0 Å². The first-order valence-corrected chi connectivity index (χ1v) is 10.7. The van der Waals surface area contributed by atoms with Crippen molar-refractivity contribution in [2.24, 2.45) is 10.9 Å². The summed E-state index contributed by atoms with van der Waals surface area (Å²) >= 11 is 0. The van der Waals surface area contributed by atoms with Crippen molar-refractivity contribution in [2.45, 2.75) is 39.0 Å². The van der Waals surface area contributed by atoms with Crippen LogP contribution in [0.25, 0.3) is 0 Å². The van der Waals surface area contributed by atoms with Crippen molar-refractivity contribution in [3.8, 4) is 0 Å². The smallest absolute Gasteiger partial charge is 0.193 e. The highest BCUT2D eigenvalue weighted by Crippen LogP contribution is 2.18. The molecule has 2 aliphatic heterocycles. The van der Waals surface area contributed by atoms with Crippen molar-refractivity contribution >= 4 is 29.9 Å². The Kier molecular flexibility index (Phi) is 13.7. The van der Waals surface area contributed by atoms with E-state index < -0.39 is 0 Å². The Morgan fingerprint density at radius 3 is 2.70 bits per heavy atom. The molecule has 0 aromatic rings. The Hall–Kier alpha value is -0.120. The molecule has 0 amide bonds. The van der Waals surface area contributed by atoms with Crippen LogP contribution in [0.15, 0.2) is 4.99 Å². The number of nitrogens with one attached hydrogen (secondary N) is 1. The number of rotatable bonds is 8. The molecular formula is C20H42IN5O. The summed E-state index contributed by atoms with van der Waals surface area (Å²) in [5, 5.41) is 3.46. The van der Waals surface area contributed by atoms with Crippen LogP contribution in [0, 0.1) is 5.92 Å². The topological polar surface area (TPSA) is 43.3 Å². The number of ether oxygens (including phenoxy) is 1. The molecule has 2 saturated heterocycles. The van der Waals surface area contributed by atoms with Gasteiger partial charge in [0.15, 0.2) is 5.96 Å². The largest absolute Gasteiger partial charge is 0.381 e. The predicted octanol–water partition coefficient (Wildman–Crippen LogP) is 2.35. The average molecular weight is 495 g/mol. The maximum Gasteiger partial charge on any atom is 0.193 e. The summed E-state index contributed by atoms with van der Waals surface area (Å²) in [5.41, 5.74) is 0. The lowest BCUT2D eigenvalue weighted by atomic mass is 9.96. The van der Waals surface area contributed by atoms with Crippen molar-refractivity contribution in [1.29, 1.82) is 0 Å². The van der Waals surface area contributed by atoms with E-state index in [4.69, 9.17) is 9.73 Å². The minimum atomic E-state index is 0. The second-order valence-corrected chi connectivity index (χ2v) is 7.85. The third-order valence-corrected chi connectivity index (χ3v) is 5.62. The molecule has 0 atom stereocenters. The number of guanidine groups is 1. The van der Waals surface area contributed by atoms with Crippen molar-refractivity contribution in [3.63, 3.8) is 0 Å². The second-order valence-electron chi connectivity index (χ2n) is 7.85. The highest BCUT2D eigenvalue weighted by atomic mass is 127. The van der Waals surface area contributed by atoms with Gasteiger partial charge in [-0.05, 0) is 71.6 Å². The van der Waals surface area contributed by atoms with Crippen LogP contribution in [0.1, 0.15) is 39.0 Å². The van der Waals surface area contributed by atoms with Gasteiger partial charge in [-0.2, -0.15) is 0 Å². The van der Waals surface area contributed by atoms with E-state index >= 15 is 0 Å². The number of nitrogens with zero attached hydrogens (tertiary/aromatic N) is 4. The molecule has 0 aromatic heterocycles. The standard InChI is InChI=1S/C20H41N5O.HI/c1-4-21-20(24(3)14-7-19-8-17-26-18-9-19)22-10-5-12-25-13-6-11-23(2)15-16-25;/h19H,4-18H2,1-3H3,(H,21,22);1H. The fourth-order valence-electron chi connectivity index (χ4n) is 3.79. The van der Waals surface area contributed by atoms with Crippen LogP contribution in [0.4, 0.5) is 0 Å². The molecule has 0 aromatic carbocycles. The number of hydrogen-bond donors (Lipinski definition) is 1. The molecule has 2 fully saturated rings. The molecule has 0 unspecified atom stereocenters. The Balaban J connectivity index is 0.00000364. The SMILES string of the molecule is CCNC(=NCCCN1CCCN(C)CC1)N(C)CCC1CCOCC1.I. The molecule has 27 heavy (non-hydrogen) atoms. The van der Waals surface area contributed by atoms with Crippen LogP contribution >= 0.6 is 24.0 Å². The summed E-state index contributed by atoms with van der Waals surface area (Å²) in [6.07, 6.45) is 6.11. The fourth-order valence-corrected chi connectivity index (χ4v) is 3.79. The molecule has 160 valence electrons. The Bertz CT molecular complexity index is 404. The van der Waals surface area contributed by atoms with Gasteiger partial charge >= 0.3 is 0 Å². The van der Waals surface area contributed by atoms with E-state index in [0.29, 0.717) is 0 Å². The van der Waals surface area contributed by atoms with Gasteiger partial charge in [-0.3, -0.25) is 4.99 Å². The van der Waals surface area contributed by atoms with E-state index in [1.807, 2.05) is 0 Å². The molecule has 2 rings (SSSR count). The van der Waals surface area contributed by atoms with Gasteiger partial charge in [0.2, 0.25) is 0 Å². The van der Waals surface area contributed by atoms with Gasteiger partial charge in [0, 0.05) is 53.0 Å². The Labute approximate surface area is 184 Å². The van der Waals surface area contributed by atoms with Crippen molar-refractivity contribution in [2.75, 3.05) is 79.7 Å².